The predicted molar refractivity (Wildman–Crippen MR) is 116 cm³/mol. The standard InChI is InChI=1S/C21H27N3O4S/c1-20(2,3)14-21(4,5)15-8-9-18(17(11-15)24(26)27)28-13-19(25)23-22-12-16-7-6-10-29-16/h6-12H,13-14H2,1-5H3,(H,23,25). The SMILES string of the molecule is CC(C)(C)CC(C)(C)c1ccc(OCC(=O)NN=Cc2cccs2)c([N+](=O)[O-])c1. The minimum Gasteiger partial charge on any atom is -0.477 e. The first kappa shape index (κ1) is 22.5. The zero-order valence-corrected chi connectivity index (χ0v) is 18.2. The summed E-state index contributed by atoms with van der Waals surface area (Å²) < 4.78 is 5.39. The van der Waals surface area contributed by atoms with Gasteiger partial charge in [0.1, 0.15) is 0 Å². The summed E-state index contributed by atoms with van der Waals surface area (Å²) in [5, 5.41) is 17.3. The van der Waals surface area contributed by atoms with E-state index in [0.717, 1.165) is 16.9 Å². The number of nitro groups is 1. The van der Waals surface area contributed by atoms with Gasteiger partial charge in [-0.15, -0.1) is 11.3 Å². The van der Waals surface area contributed by atoms with Crippen molar-refractivity contribution in [2.24, 2.45) is 10.5 Å². The number of ether oxygens (including phenoxy) is 1. The molecule has 1 heterocycles. The molecule has 156 valence electrons. The molecule has 0 atom stereocenters. The topological polar surface area (TPSA) is 93.8 Å². The molecule has 0 saturated heterocycles. The molecule has 0 aliphatic rings. The molecule has 0 radical (unpaired) electrons. The molecule has 0 bridgehead atoms. The number of hydrogen-bond donors (Lipinski definition) is 1. The van der Waals surface area contributed by atoms with Crippen molar-refractivity contribution in [3.8, 4) is 5.75 Å². The van der Waals surface area contributed by atoms with Crippen LogP contribution >= 0.6 is 11.3 Å². The van der Waals surface area contributed by atoms with Gasteiger partial charge in [0.25, 0.3) is 5.91 Å². The van der Waals surface area contributed by atoms with E-state index in [-0.39, 0.29) is 28.9 Å². The highest BCUT2D eigenvalue weighted by atomic mass is 32.1. The first-order valence-electron chi connectivity index (χ1n) is 9.25. The Morgan fingerprint density at radius 2 is 2.00 bits per heavy atom. The van der Waals surface area contributed by atoms with Gasteiger partial charge in [-0.3, -0.25) is 14.9 Å². The number of carbonyl (C=O) groups is 1. The Kier molecular flexibility index (Phi) is 7.13. The zero-order chi connectivity index (χ0) is 21.7. The van der Waals surface area contributed by atoms with E-state index in [2.05, 4.69) is 45.1 Å². The van der Waals surface area contributed by atoms with Crippen LogP contribution in [-0.4, -0.2) is 23.7 Å². The molecular weight excluding hydrogens is 390 g/mol. The average Bonchev–Trinajstić information content (AvgIpc) is 3.11. The highest BCUT2D eigenvalue weighted by Crippen LogP contribution is 2.39. The molecule has 0 aliphatic carbocycles. The van der Waals surface area contributed by atoms with Gasteiger partial charge >= 0.3 is 5.69 Å². The van der Waals surface area contributed by atoms with Crippen LogP contribution in [-0.2, 0) is 10.2 Å². The van der Waals surface area contributed by atoms with Crippen molar-refractivity contribution in [1.82, 2.24) is 5.43 Å². The Bertz CT molecular complexity index is 884. The fourth-order valence-electron chi connectivity index (χ4n) is 3.34. The molecule has 1 amide bonds. The van der Waals surface area contributed by atoms with Gasteiger partial charge in [0.05, 0.1) is 11.1 Å². The monoisotopic (exact) mass is 417 g/mol. The molecule has 1 N–H and O–H groups in total. The predicted octanol–water partition coefficient (Wildman–Crippen LogP) is 4.90. The van der Waals surface area contributed by atoms with E-state index in [9.17, 15) is 14.9 Å². The minimum atomic E-state index is -0.496. The van der Waals surface area contributed by atoms with Crippen molar-refractivity contribution in [2.45, 2.75) is 46.5 Å². The van der Waals surface area contributed by atoms with Crippen LogP contribution < -0.4 is 10.2 Å². The molecule has 2 aromatic rings. The summed E-state index contributed by atoms with van der Waals surface area (Å²) in [5.41, 5.74) is 2.89. The Hall–Kier alpha value is -2.74. The second-order valence-corrected chi connectivity index (χ2v) is 9.64. The average molecular weight is 418 g/mol. The van der Waals surface area contributed by atoms with Crippen molar-refractivity contribution in [3.63, 3.8) is 0 Å². The summed E-state index contributed by atoms with van der Waals surface area (Å²) in [6.45, 7) is 10.2. The number of amides is 1. The van der Waals surface area contributed by atoms with E-state index in [1.54, 1.807) is 6.07 Å². The molecule has 29 heavy (non-hydrogen) atoms. The molecule has 7 nitrogen and oxygen atoms in total. The van der Waals surface area contributed by atoms with E-state index in [1.165, 1.54) is 23.6 Å². The Balaban J connectivity index is 2.06. The maximum Gasteiger partial charge on any atom is 0.311 e. The lowest BCUT2D eigenvalue weighted by Gasteiger charge is -2.33. The van der Waals surface area contributed by atoms with Gasteiger partial charge in [-0.1, -0.05) is 46.8 Å². The third-order valence-corrected chi connectivity index (χ3v) is 5.00. The fraction of sp³-hybridized carbons (Fsp3) is 0.429. The smallest absolute Gasteiger partial charge is 0.311 e. The third kappa shape index (κ3) is 6.98. The maximum absolute atomic E-state index is 11.9. The maximum atomic E-state index is 11.9. The van der Waals surface area contributed by atoms with Crippen molar-refractivity contribution < 1.29 is 14.5 Å². The van der Waals surface area contributed by atoms with Gasteiger partial charge < -0.3 is 4.74 Å². The minimum absolute atomic E-state index is 0.0581. The molecule has 0 spiro atoms. The molecule has 1 aromatic heterocycles. The summed E-state index contributed by atoms with van der Waals surface area (Å²) in [6, 6.07) is 8.65. The number of carbonyl (C=O) groups excluding carboxylic acids is 1. The summed E-state index contributed by atoms with van der Waals surface area (Å²) in [5.74, 6) is -0.438. The summed E-state index contributed by atoms with van der Waals surface area (Å²) in [7, 11) is 0. The second-order valence-electron chi connectivity index (χ2n) is 8.66. The molecule has 0 saturated carbocycles. The first-order valence-corrected chi connectivity index (χ1v) is 10.1. The van der Waals surface area contributed by atoms with Crippen molar-refractivity contribution in [2.75, 3.05) is 6.61 Å². The van der Waals surface area contributed by atoms with Gasteiger partial charge in [0.2, 0.25) is 0 Å². The van der Waals surface area contributed by atoms with E-state index in [0.29, 0.717) is 0 Å². The number of benzene rings is 1. The molecule has 0 aliphatic heterocycles. The highest BCUT2D eigenvalue weighted by molar-refractivity contribution is 7.11. The van der Waals surface area contributed by atoms with E-state index >= 15 is 0 Å². The number of rotatable bonds is 8. The Morgan fingerprint density at radius 3 is 2.59 bits per heavy atom. The zero-order valence-electron chi connectivity index (χ0n) is 17.4. The molecule has 2 rings (SSSR count). The van der Waals surface area contributed by atoms with Crippen LogP contribution in [0.5, 0.6) is 5.75 Å². The fourth-order valence-corrected chi connectivity index (χ4v) is 3.92. The number of nitrogens with one attached hydrogen (secondary N) is 1. The lowest BCUT2D eigenvalue weighted by atomic mass is 9.72. The van der Waals surface area contributed by atoms with Crippen molar-refractivity contribution >= 4 is 29.1 Å². The van der Waals surface area contributed by atoms with Crippen LogP contribution in [0.3, 0.4) is 0 Å². The largest absolute Gasteiger partial charge is 0.477 e. The molecule has 8 heteroatoms. The van der Waals surface area contributed by atoms with Gasteiger partial charge in [-0.2, -0.15) is 5.10 Å². The Labute approximate surface area is 174 Å². The van der Waals surface area contributed by atoms with Crippen LogP contribution in [0.4, 0.5) is 5.69 Å². The van der Waals surface area contributed by atoms with Crippen LogP contribution in [0, 0.1) is 15.5 Å². The third-order valence-electron chi connectivity index (χ3n) is 4.19. The number of thiophene rings is 1. The molecular formula is C21H27N3O4S. The molecule has 0 unspecified atom stereocenters. The van der Waals surface area contributed by atoms with Crippen LogP contribution in [0.15, 0.2) is 40.8 Å². The number of nitrogens with zero attached hydrogens (tertiary/aromatic N) is 2. The van der Waals surface area contributed by atoms with Gasteiger partial charge in [-0.25, -0.2) is 5.43 Å². The highest BCUT2D eigenvalue weighted by Gasteiger charge is 2.29. The number of hydrogen-bond acceptors (Lipinski definition) is 6. The summed E-state index contributed by atoms with van der Waals surface area (Å²) in [4.78, 5) is 23.8. The van der Waals surface area contributed by atoms with Crippen molar-refractivity contribution in [1.29, 1.82) is 0 Å². The van der Waals surface area contributed by atoms with E-state index in [4.69, 9.17) is 4.74 Å². The normalized spacial score (nSPS) is 12.2. The summed E-state index contributed by atoms with van der Waals surface area (Å²) >= 11 is 1.49. The van der Waals surface area contributed by atoms with E-state index < -0.39 is 10.8 Å². The quantitative estimate of drug-likeness (QED) is 0.375. The van der Waals surface area contributed by atoms with Gasteiger partial charge in [0, 0.05) is 10.9 Å². The molecule has 0 fully saturated rings. The van der Waals surface area contributed by atoms with Gasteiger partial charge in [0.15, 0.2) is 12.4 Å². The van der Waals surface area contributed by atoms with E-state index in [1.807, 2.05) is 23.6 Å². The second kappa shape index (κ2) is 9.17. The van der Waals surface area contributed by atoms with Crippen LogP contribution in [0.25, 0.3) is 0 Å². The van der Waals surface area contributed by atoms with Crippen molar-refractivity contribution in [3.05, 3.63) is 56.3 Å². The number of hydrazone groups is 1. The lowest BCUT2D eigenvalue weighted by molar-refractivity contribution is -0.385. The summed E-state index contributed by atoms with van der Waals surface area (Å²) in [6.07, 6.45) is 2.39. The Morgan fingerprint density at radius 1 is 1.28 bits per heavy atom. The first-order chi connectivity index (χ1) is 13.5. The lowest BCUT2D eigenvalue weighted by Crippen LogP contribution is -2.26. The number of nitro benzene ring substituents is 1. The molecule has 1 aromatic carbocycles. The van der Waals surface area contributed by atoms with Gasteiger partial charge in [-0.05, 0) is 40.3 Å². The van der Waals surface area contributed by atoms with Crippen LogP contribution in [0.2, 0.25) is 0 Å². The van der Waals surface area contributed by atoms with Crippen LogP contribution in [0.1, 0.15) is 51.5 Å².